The number of nitrogen functional groups attached to an aromatic ring is 1. The molecule has 1 aromatic carbocycles. The molecule has 18 heavy (non-hydrogen) atoms. The molecule has 2 N–H and O–H groups in total. The maximum atomic E-state index is 5.67. The number of nitrogens with two attached hydrogens (primary N) is 1. The number of rotatable bonds is 5. The van der Waals surface area contributed by atoms with Crippen LogP contribution in [0, 0.1) is 5.92 Å². The summed E-state index contributed by atoms with van der Waals surface area (Å²) in [6.45, 7) is 5.46. The van der Waals surface area contributed by atoms with E-state index in [4.69, 9.17) is 5.73 Å². The maximum absolute atomic E-state index is 5.67. The molecule has 1 heterocycles. The second kappa shape index (κ2) is 5.96. The first-order valence-electron chi connectivity index (χ1n) is 6.12. The molecule has 0 aliphatic heterocycles. The van der Waals surface area contributed by atoms with Crippen molar-refractivity contribution in [2.24, 2.45) is 5.92 Å². The second-order valence-electron chi connectivity index (χ2n) is 4.79. The Hall–Kier alpha value is -1.42. The van der Waals surface area contributed by atoms with Crippen LogP contribution < -0.4 is 5.73 Å². The Morgan fingerprint density at radius 2 is 2.00 bits per heavy atom. The fourth-order valence-electron chi connectivity index (χ4n) is 1.75. The SMILES string of the molecule is CC(C)Cn1cncc1CSc1ccc(N)cc1. The van der Waals surface area contributed by atoms with E-state index in [1.54, 1.807) is 0 Å². The first-order valence-corrected chi connectivity index (χ1v) is 7.11. The first kappa shape index (κ1) is 13.0. The van der Waals surface area contributed by atoms with Gasteiger partial charge >= 0.3 is 0 Å². The van der Waals surface area contributed by atoms with Gasteiger partial charge in [-0.15, -0.1) is 11.8 Å². The van der Waals surface area contributed by atoms with Gasteiger partial charge in [0.2, 0.25) is 0 Å². The highest BCUT2D eigenvalue weighted by atomic mass is 32.2. The third kappa shape index (κ3) is 3.53. The van der Waals surface area contributed by atoms with Crippen molar-refractivity contribution in [3.8, 4) is 0 Å². The van der Waals surface area contributed by atoms with Gasteiger partial charge in [-0.1, -0.05) is 13.8 Å². The molecule has 0 radical (unpaired) electrons. The highest BCUT2D eigenvalue weighted by Gasteiger charge is 2.04. The molecular formula is C14H19N3S. The zero-order valence-corrected chi connectivity index (χ0v) is 11.7. The second-order valence-corrected chi connectivity index (χ2v) is 5.84. The van der Waals surface area contributed by atoms with Crippen LogP contribution in [0.3, 0.4) is 0 Å². The van der Waals surface area contributed by atoms with Gasteiger partial charge < -0.3 is 10.3 Å². The van der Waals surface area contributed by atoms with Gasteiger partial charge in [0.25, 0.3) is 0 Å². The summed E-state index contributed by atoms with van der Waals surface area (Å²) in [5.74, 6) is 1.58. The minimum atomic E-state index is 0.638. The summed E-state index contributed by atoms with van der Waals surface area (Å²) in [6.07, 6.45) is 3.87. The molecule has 96 valence electrons. The van der Waals surface area contributed by atoms with Gasteiger partial charge in [-0.25, -0.2) is 4.98 Å². The average Bonchev–Trinajstić information content (AvgIpc) is 2.75. The number of imidazole rings is 1. The minimum absolute atomic E-state index is 0.638. The number of nitrogens with zero attached hydrogens (tertiary/aromatic N) is 2. The lowest BCUT2D eigenvalue weighted by Crippen LogP contribution is -2.06. The van der Waals surface area contributed by atoms with Crippen molar-refractivity contribution < 1.29 is 0 Å². The molecule has 2 rings (SSSR count). The lowest BCUT2D eigenvalue weighted by atomic mass is 10.2. The van der Waals surface area contributed by atoms with Crippen molar-refractivity contribution in [2.45, 2.75) is 31.0 Å². The molecule has 0 amide bonds. The van der Waals surface area contributed by atoms with Crippen LogP contribution in [0.4, 0.5) is 5.69 Å². The predicted molar refractivity (Wildman–Crippen MR) is 77.5 cm³/mol. The lowest BCUT2D eigenvalue weighted by molar-refractivity contribution is 0.514. The Morgan fingerprint density at radius 3 is 2.67 bits per heavy atom. The van der Waals surface area contributed by atoms with Crippen molar-refractivity contribution in [1.29, 1.82) is 0 Å². The van der Waals surface area contributed by atoms with E-state index >= 15 is 0 Å². The van der Waals surface area contributed by atoms with Crippen LogP contribution in [0.1, 0.15) is 19.5 Å². The Bertz CT molecular complexity index is 488. The molecule has 0 unspecified atom stereocenters. The first-order chi connectivity index (χ1) is 8.65. The average molecular weight is 261 g/mol. The quantitative estimate of drug-likeness (QED) is 0.662. The third-order valence-corrected chi connectivity index (χ3v) is 3.67. The minimum Gasteiger partial charge on any atom is -0.399 e. The smallest absolute Gasteiger partial charge is 0.0948 e. The highest BCUT2D eigenvalue weighted by molar-refractivity contribution is 7.98. The largest absolute Gasteiger partial charge is 0.399 e. The van der Waals surface area contributed by atoms with Crippen LogP contribution >= 0.6 is 11.8 Å². The van der Waals surface area contributed by atoms with Gasteiger partial charge in [-0.05, 0) is 30.2 Å². The summed E-state index contributed by atoms with van der Waals surface area (Å²) >= 11 is 1.81. The Kier molecular flexibility index (Phi) is 4.31. The van der Waals surface area contributed by atoms with Crippen LogP contribution in [0.15, 0.2) is 41.7 Å². The Balaban J connectivity index is 1.97. The van der Waals surface area contributed by atoms with E-state index in [1.165, 1.54) is 10.6 Å². The van der Waals surface area contributed by atoms with Gasteiger partial charge in [-0.3, -0.25) is 0 Å². The Morgan fingerprint density at radius 1 is 1.28 bits per heavy atom. The fourth-order valence-corrected chi connectivity index (χ4v) is 2.63. The molecule has 0 aliphatic carbocycles. The molecule has 0 bridgehead atoms. The van der Waals surface area contributed by atoms with E-state index in [1.807, 2.05) is 36.4 Å². The van der Waals surface area contributed by atoms with Crippen LogP contribution in [0.5, 0.6) is 0 Å². The molecule has 3 nitrogen and oxygen atoms in total. The van der Waals surface area contributed by atoms with Crippen molar-refractivity contribution >= 4 is 17.4 Å². The molecule has 4 heteroatoms. The molecule has 0 spiro atoms. The van der Waals surface area contributed by atoms with E-state index in [9.17, 15) is 0 Å². The molecule has 0 fully saturated rings. The topological polar surface area (TPSA) is 43.8 Å². The summed E-state index contributed by atoms with van der Waals surface area (Å²) in [7, 11) is 0. The normalized spacial score (nSPS) is 11.1. The number of hydrogen-bond acceptors (Lipinski definition) is 3. The lowest BCUT2D eigenvalue weighted by Gasteiger charge is -2.10. The van der Waals surface area contributed by atoms with Crippen LogP contribution in [-0.2, 0) is 12.3 Å². The number of benzene rings is 1. The molecule has 2 aromatic rings. The summed E-state index contributed by atoms with van der Waals surface area (Å²) in [5.41, 5.74) is 7.75. The summed E-state index contributed by atoms with van der Waals surface area (Å²) < 4.78 is 2.23. The van der Waals surface area contributed by atoms with Crippen LogP contribution in [0.25, 0.3) is 0 Å². The summed E-state index contributed by atoms with van der Waals surface area (Å²) in [5, 5.41) is 0. The van der Waals surface area contributed by atoms with Crippen LogP contribution in [0.2, 0.25) is 0 Å². The molecule has 0 saturated heterocycles. The number of aromatic nitrogens is 2. The Labute approximate surface area is 112 Å². The predicted octanol–water partition coefficient (Wildman–Crippen LogP) is 3.41. The fraction of sp³-hybridized carbons (Fsp3) is 0.357. The maximum Gasteiger partial charge on any atom is 0.0948 e. The van der Waals surface area contributed by atoms with E-state index in [-0.39, 0.29) is 0 Å². The molecule has 0 aliphatic rings. The monoisotopic (exact) mass is 261 g/mol. The molecule has 0 atom stereocenters. The van der Waals surface area contributed by atoms with E-state index in [0.717, 1.165) is 18.0 Å². The zero-order valence-electron chi connectivity index (χ0n) is 10.8. The van der Waals surface area contributed by atoms with E-state index < -0.39 is 0 Å². The van der Waals surface area contributed by atoms with Gasteiger partial charge in [-0.2, -0.15) is 0 Å². The van der Waals surface area contributed by atoms with Crippen LogP contribution in [-0.4, -0.2) is 9.55 Å². The molecule has 1 aromatic heterocycles. The van der Waals surface area contributed by atoms with E-state index in [0.29, 0.717) is 5.92 Å². The highest BCUT2D eigenvalue weighted by Crippen LogP contribution is 2.23. The van der Waals surface area contributed by atoms with Gasteiger partial charge in [0.1, 0.15) is 0 Å². The molecule has 0 saturated carbocycles. The van der Waals surface area contributed by atoms with Gasteiger partial charge in [0.05, 0.1) is 6.33 Å². The van der Waals surface area contributed by atoms with Crippen molar-refractivity contribution in [2.75, 3.05) is 5.73 Å². The molecular weight excluding hydrogens is 242 g/mol. The third-order valence-electron chi connectivity index (χ3n) is 2.63. The standard InChI is InChI=1S/C14H19N3S/c1-11(2)8-17-10-16-7-13(17)9-18-14-5-3-12(15)4-6-14/h3-7,10-11H,8-9,15H2,1-2H3. The van der Waals surface area contributed by atoms with Crippen molar-refractivity contribution in [1.82, 2.24) is 9.55 Å². The van der Waals surface area contributed by atoms with Gasteiger partial charge in [0, 0.05) is 34.8 Å². The van der Waals surface area contributed by atoms with Gasteiger partial charge in [0.15, 0.2) is 0 Å². The van der Waals surface area contributed by atoms with E-state index in [2.05, 4.69) is 35.5 Å². The summed E-state index contributed by atoms with van der Waals surface area (Å²) in [4.78, 5) is 5.47. The summed E-state index contributed by atoms with van der Waals surface area (Å²) in [6, 6.07) is 7.99. The number of anilines is 1. The van der Waals surface area contributed by atoms with Crippen molar-refractivity contribution in [3.63, 3.8) is 0 Å². The number of thioether (sulfide) groups is 1. The van der Waals surface area contributed by atoms with Crippen molar-refractivity contribution in [3.05, 3.63) is 42.5 Å². The number of hydrogen-bond donors (Lipinski definition) is 1. The zero-order chi connectivity index (χ0) is 13.0.